The lowest BCUT2D eigenvalue weighted by Crippen LogP contribution is -2.55. The van der Waals surface area contributed by atoms with E-state index in [0.29, 0.717) is 22.1 Å². The number of benzene rings is 1. The number of alkyl halides is 3. The van der Waals surface area contributed by atoms with E-state index in [-0.39, 0.29) is 11.3 Å². The first-order valence-electron chi connectivity index (χ1n) is 9.87. The second-order valence-corrected chi connectivity index (χ2v) is 9.16. The lowest BCUT2D eigenvalue weighted by molar-refractivity contribution is -0.178. The predicted octanol–water partition coefficient (Wildman–Crippen LogP) is 3.06. The fraction of sp³-hybridized carbons (Fsp3) is 0.350. The summed E-state index contributed by atoms with van der Waals surface area (Å²) in [6.45, 7) is -0.619. The van der Waals surface area contributed by atoms with Gasteiger partial charge in [0.1, 0.15) is 52.7 Å². The molecule has 15 heteroatoms. The monoisotopic (exact) mass is 538 g/mol. The largest absolute Gasteiger partial charge is 0.422 e. The van der Waals surface area contributed by atoms with Gasteiger partial charge in [0.05, 0.1) is 17.8 Å². The summed E-state index contributed by atoms with van der Waals surface area (Å²) in [6.07, 6.45) is -5.35. The van der Waals surface area contributed by atoms with Gasteiger partial charge in [-0.2, -0.15) is 13.2 Å². The minimum atomic E-state index is -5.23. The van der Waals surface area contributed by atoms with Crippen LogP contribution in [-0.4, -0.2) is 65.7 Å². The fourth-order valence-corrected chi connectivity index (χ4v) is 4.94. The van der Waals surface area contributed by atoms with Crippen LogP contribution in [0.15, 0.2) is 41.7 Å². The molecule has 0 saturated carbocycles. The number of halogens is 6. The van der Waals surface area contributed by atoms with E-state index in [2.05, 4.69) is 15.3 Å². The summed E-state index contributed by atoms with van der Waals surface area (Å²) in [7, 11) is 0. The first-order chi connectivity index (χ1) is 16.5. The van der Waals surface area contributed by atoms with Crippen LogP contribution in [0.25, 0.3) is 11.3 Å². The maximum atomic E-state index is 14.0. The van der Waals surface area contributed by atoms with Gasteiger partial charge in [0.25, 0.3) is 0 Å². The summed E-state index contributed by atoms with van der Waals surface area (Å²) in [5.74, 6) is -3.67. The molecule has 3 heterocycles. The summed E-state index contributed by atoms with van der Waals surface area (Å²) in [5.41, 5.74) is -3.63. The van der Waals surface area contributed by atoms with Crippen molar-refractivity contribution >= 4 is 23.4 Å². The van der Waals surface area contributed by atoms with Crippen LogP contribution in [0.4, 0.5) is 22.0 Å². The van der Waals surface area contributed by atoms with E-state index in [9.17, 15) is 37.3 Å². The molecule has 0 radical (unpaired) electrons. The average Bonchev–Trinajstić information content (AvgIpc) is 3.24. The second kappa shape index (κ2) is 9.95. The van der Waals surface area contributed by atoms with Gasteiger partial charge in [-0.3, -0.25) is 4.98 Å². The van der Waals surface area contributed by atoms with Gasteiger partial charge in [-0.15, -0.1) is 5.10 Å². The van der Waals surface area contributed by atoms with Crippen LogP contribution < -0.4 is 0 Å². The van der Waals surface area contributed by atoms with Crippen molar-refractivity contribution < 1.29 is 42.0 Å². The molecule has 0 aliphatic carbocycles. The maximum absolute atomic E-state index is 14.0. The molecule has 3 N–H and O–H groups in total. The van der Waals surface area contributed by atoms with Crippen LogP contribution in [0.5, 0.6) is 0 Å². The molecule has 3 unspecified atom stereocenters. The minimum absolute atomic E-state index is 0.216. The van der Waals surface area contributed by atoms with Crippen molar-refractivity contribution in [2.24, 2.45) is 0 Å². The van der Waals surface area contributed by atoms with Crippen LogP contribution in [0.2, 0.25) is 5.02 Å². The number of aliphatic hydroxyl groups excluding tert-OH is 3. The zero-order valence-corrected chi connectivity index (χ0v) is 18.8. The van der Waals surface area contributed by atoms with E-state index in [4.69, 9.17) is 16.3 Å². The Labute approximate surface area is 203 Å². The Hall–Kier alpha value is -2.36. The van der Waals surface area contributed by atoms with Crippen LogP contribution in [-0.2, 0) is 10.9 Å². The van der Waals surface area contributed by atoms with E-state index in [0.717, 1.165) is 22.6 Å². The molecule has 1 aliphatic heterocycles. The van der Waals surface area contributed by atoms with Gasteiger partial charge in [0, 0.05) is 22.9 Å². The lowest BCUT2D eigenvalue weighted by atomic mass is 9.97. The highest BCUT2D eigenvalue weighted by atomic mass is 35.5. The number of rotatable bonds is 5. The van der Waals surface area contributed by atoms with Crippen molar-refractivity contribution in [2.45, 2.75) is 40.9 Å². The summed E-state index contributed by atoms with van der Waals surface area (Å²) in [4.78, 5) is 4.45. The first-order valence-corrected chi connectivity index (χ1v) is 11.1. The Morgan fingerprint density at radius 2 is 1.77 bits per heavy atom. The number of hydrogen-bond donors (Lipinski definition) is 3. The number of thioether (sulfide) groups is 1. The van der Waals surface area contributed by atoms with Crippen LogP contribution >= 0.6 is 23.4 Å². The van der Waals surface area contributed by atoms with Gasteiger partial charge < -0.3 is 20.1 Å². The van der Waals surface area contributed by atoms with E-state index in [1.807, 2.05) is 0 Å². The molecule has 1 aromatic carbocycles. The first kappa shape index (κ1) is 25.7. The Morgan fingerprint density at radius 1 is 1.09 bits per heavy atom. The molecule has 0 spiro atoms. The molecule has 1 fully saturated rings. The fourth-order valence-electron chi connectivity index (χ4n) is 3.62. The molecule has 3 aromatic rings. The summed E-state index contributed by atoms with van der Waals surface area (Å²) in [6, 6.07) is 1.23. The molecular weight excluding hydrogens is 523 g/mol. The molecule has 188 valence electrons. The molecule has 0 bridgehead atoms. The molecule has 35 heavy (non-hydrogen) atoms. The number of pyridine rings is 1. The highest BCUT2D eigenvalue weighted by Crippen LogP contribution is 2.39. The van der Waals surface area contributed by atoms with E-state index in [1.165, 1.54) is 12.4 Å². The predicted molar refractivity (Wildman–Crippen MR) is 112 cm³/mol. The molecule has 8 nitrogen and oxygen atoms in total. The zero-order chi connectivity index (χ0) is 25.5. The summed E-state index contributed by atoms with van der Waals surface area (Å²) in [5, 5.41) is 39.0. The van der Waals surface area contributed by atoms with Gasteiger partial charge in [-0.1, -0.05) is 28.6 Å². The highest BCUT2D eigenvalue weighted by molar-refractivity contribution is 7.99. The van der Waals surface area contributed by atoms with E-state index >= 15 is 0 Å². The molecular formula is C20H16ClF5N4O4S. The molecule has 1 saturated heterocycles. The molecule has 5 atom stereocenters. The van der Waals surface area contributed by atoms with Crippen LogP contribution in [0, 0.1) is 11.6 Å². The molecule has 2 aromatic heterocycles. The smallest absolute Gasteiger partial charge is 0.394 e. The van der Waals surface area contributed by atoms with Gasteiger partial charge in [-0.05, 0) is 18.2 Å². The van der Waals surface area contributed by atoms with E-state index in [1.54, 1.807) is 6.07 Å². The van der Waals surface area contributed by atoms with Crippen molar-refractivity contribution in [2.75, 3.05) is 6.61 Å². The van der Waals surface area contributed by atoms with Gasteiger partial charge in [0.2, 0.25) is 0 Å². The quantitative estimate of drug-likeness (QED) is 0.425. The topological polar surface area (TPSA) is 114 Å². The molecule has 4 rings (SSSR count). The maximum Gasteiger partial charge on any atom is 0.422 e. The van der Waals surface area contributed by atoms with Crippen molar-refractivity contribution in [3.8, 4) is 11.3 Å². The van der Waals surface area contributed by atoms with E-state index < -0.39 is 59.8 Å². The Bertz CT molecular complexity index is 1190. The Balaban J connectivity index is 1.64. The van der Waals surface area contributed by atoms with Crippen molar-refractivity contribution in [1.29, 1.82) is 0 Å². The number of ether oxygens (including phenoxy) is 1. The number of aromatic nitrogens is 4. The number of nitrogens with zero attached hydrogens (tertiary/aromatic N) is 4. The SMILES string of the molecule is OCC1O[C@H](Sc2cncc(Cl)c2)C(O)C(n2cc(-c3cc(F)c(C(F)(F)F)c(F)c3)nn2)[C@H]1O. The average molecular weight is 539 g/mol. The standard InChI is InChI=1S/C20H16ClF5N4O4S/c21-9-3-10(5-27-4-9)35-19-18(33)16(17(32)14(7-31)34-19)30-6-13(28-29-30)8-1-11(22)15(12(23)2-8)20(24,25)26/h1-6,14,16-19,31-33H,7H2/t14?,16?,17-,18?,19+/m0/s1. The summed E-state index contributed by atoms with van der Waals surface area (Å²) < 4.78 is 73.1. The third kappa shape index (κ3) is 5.27. The number of hydrogen-bond acceptors (Lipinski definition) is 8. The van der Waals surface area contributed by atoms with Crippen molar-refractivity contribution in [1.82, 2.24) is 20.0 Å². The normalized spacial score (nSPS) is 25.1. The molecule has 0 amide bonds. The van der Waals surface area contributed by atoms with Crippen molar-refractivity contribution in [3.05, 3.63) is 59.0 Å². The minimum Gasteiger partial charge on any atom is -0.394 e. The summed E-state index contributed by atoms with van der Waals surface area (Å²) >= 11 is 6.93. The molecule has 1 aliphatic rings. The van der Waals surface area contributed by atoms with Crippen LogP contribution in [0.1, 0.15) is 11.6 Å². The van der Waals surface area contributed by atoms with Gasteiger partial charge in [0.15, 0.2) is 0 Å². The Kier molecular flexibility index (Phi) is 7.31. The highest BCUT2D eigenvalue weighted by Gasteiger charge is 2.46. The lowest BCUT2D eigenvalue weighted by Gasteiger charge is -2.41. The second-order valence-electron chi connectivity index (χ2n) is 7.55. The van der Waals surface area contributed by atoms with Crippen LogP contribution in [0.3, 0.4) is 0 Å². The van der Waals surface area contributed by atoms with Gasteiger partial charge in [-0.25, -0.2) is 13.5 Å². The van der Waals surface area contributed by atoms with Crippen molar-refractivity contribution in [3.63, 3.8) is 0 Å². The number of aliphatic hydroxyl groups is 3. The third-order valence-electron chi connectivity index (χ3n) is 5.22. The van der Waals surface area contributed by atoms with Gasteiger partial charge >= 0.3 is 6.18 Å². The third-order valence-corrected chi connectivity index (χ3v) is 6.54. The Morgan fingerprint density at radius 3 is 2.37 bits per heavy atom. The zero-order valence-electron chi connectivity index (χ0n) is 17.3.